The lowest BCUT2D eigenvalue weighted by Crippen LogP contribution is -2.38. The summed E-state index contributed by atoms with van der Waals surface area (Å²) in [5.74, 6) is -1.03. The van der Waals surface area contributed by atoms with Crippen LogP contribution in [-0.4, -0.2) is 36.7 Å². The molecule has 7 nitrogen and oxygen atoms in total. The zero-order chi connectivity index (χ0) is 21.3. The first-order valence-corrected chi connectivity index (χ1v) is 11.2. The standard InChI is InChI=1S/C21H22FN3O4S/c1-25(16-7-3-2-4-8-16)30(27,28)17-9-5-6-14(12-17)20(26)24-21-23-18-13-15(22)10-11-19(18)29-21/h5-6,9-13,16H,2-4,7-8H2,1H3,(H,23,24,26). The predicted octanol–water partition coefficient (Wildman–Crippen LogP) is 4.17. The van der Waals surface area contributed by atoms with Crippen molar-refractivity contribution in [2.45, 2.75) is 43.0 Å². The summed E-state index contributed by atoms with van der Waals surface area (Å²) in [6.45, 7) is 0. The Kier molecular flexibility index (Phi) is 5.57. The maximum Gasteiger partial charge on any atom is 0.302 e. The lowest BCUT2D eigenvalue weighted by atomic mass is 9.96. The van der Waals surface area contributed by atoms with E-state index in [1.807, 2.05) is 0 Å². The Morgan fingerprint density at radius 3 is 2.70 bits per heavy atom. The van der Waals surface area contributed by atoms with Gasteiger partial charge in [-0.25, -0.2) is 12.8 Å². The van der Waals surface area contributed by atoms with Gasteiger partial charge in [0.15, 0.2) is 5.58 Å². The molecule has 0 radical (unpaired) electrons. The summed E-state index contributed by atoms with van der Waals surface area (Å²) in [5, 5.41) is 2.49. The van der Waals surface area contributed by atoms with E-state index in [4.69, 9.17) is 4.42 Å². The van der Waals surface area contributed by atoms with Gasteiger partial charge in [-0.15, -0.1) is 0 Å². The molecule has 1 aromatic heterocycles. The van der Waals surface area contributed by atoms with Crippen molar-refractivity contribution in [1.82, 2.24) is 9.29 Å². The minimum Gasteiger partial charge on any atom is -0.423 e. The predicted molar refractivity (Wildman–Crippen MR) is 110 cm³/mol. The van der Waals surface area contributed by atoms with Crippen molar-refractivity contribution in [3.8, 4) is 0 Å². The molecule has 0 unspecified atom stereocenters. The number of hydrogen-bond acceptors (Lipinski definition) is 5. The lowest BCUT2D eigenvalue weighted by molar-refractivity contribution is 0.102. The normalized spacial score (nSPS) is 15.6. The molecule has 0 aliphatic heterocycles. The summed E-state index contributed by atoms with van der Waals surface area (Å²) < 4.78 is 46.2. The molecule has 9 heteroatoms. The number of nitrogens with one attached hydrogen (secondary N) is 1. The Hall–Kier alpha value is -2.78. The second kappa shape index (κ2) is 8.16. The van der Waals surface area contributed by atoms with Gasteiger partial charge in [0.25, 0.3) is 5.91 Å². The number of sulfonamides is 1. The van der Waals surface area contributed by atoms with E-state index in [-0.39, 0.29) is 28.0 Å². The van der Waals surface area contributed by atoms with Gasteiger partial charge in [-0.2, -0.15) is 9.29 Å². The number of oxazole rings is 1. The lowest BCUT2D eigenvalue weighted by Gasteiger charge is -2.30. The Labute approximate surface area is 173 Å². The van der Waals surface area contributed by atoms with Crippen LogP contribution >= 0.6 is 0 Å². The van der Waals surface area contributed by atoms with E-state index < -0.39 is 21.7 Å². The maximum atomic E-state index is 13.3. The summed E-state index contributed by atoms with van der Waals surface area (Å²) in [6.07, 6.45) is 4.84. The van der Waals surface area contributed by atoms with E-state index in [9.17, 15) is 17.6 Å². The quantitative estimate of drug-likeness (QED) is 0.654. The molecule has 3 aromatic rings. The van der Waals surface area contributed by atoms with Crippen LogP contribution in [0.25, 0.3) is 11.1 Å². The zero-order valence-electron chi connectivity index (χ0n) is 16.5. The molecule has 158 valence electrons. The first kappa shape index (κ1) is 20.5. The van der Waals surface area contributed by atoms with Gasteiger partial charge in [-0.1, -0.05) is 25.3 Å². The van der Waals surface area contributed by atoms with Crippen LogP contribution in [0.3, 0.4) is 0 Å². The number of halogens is 1. The number of hydrogen-bond donors (Lipinski definition) is 1. The second-order valence-corrected chi connectivity index (χ2v) is 9.42. The molecular weight excluding hydrogens is 409 g/mol. The summed E-state index contributed by atoms with van der Waals surface area (Å²) >= 11 is 0. The van der Waals surface area contributed by atoms with Crippen LogP contribution in [0.1, 0.15) is 42.5 Å². The van der Waals surface area contributed by atoms with Gasteiger partial charge in [0, 0.05) is 24.7 Å². The molecule has 1 amide bonds. The highest BCUT2D eigenvalue weighted by molar-refractivity contribution is 7.89. The molecule has 1 heterocycles. The van der Waals surface area contributed by atoms with Crippen LogP contribution in [0.2, 0.25) is 0 Å². The summed E-state index contributed by atoms with van der Waals surface area (Å²) in [6, 6.07) is 9.59. The van der Waals surface area contributed by atoms with Gasteiger partial charge in [-0.3, -0.25) is 10.1 Å². The number of fused-ring (bicyclic) bond motifs is 1. The van der Waals surface area contributed by atoms with Gasteiger partial charge in [0.05, 0.1) is 4.90 Å². The third kappa shape index (κ3) is 4.08. The second-order valence-electron chi connectivity index (χ2n) is 7.43. The Bertz CT molecular complexity index is 1190. The van der Waals surface area contributed by atoms with Crippen LogP contribution < -0.4 is 5.32 Å². The van der Waals surface area contributed by atoms with Crippen LogP contribution in [0.15, 0.2) is 51.8 Å². The van der Waals surface area contributed by atoms with Crippen molar-refractivity contribution in [3.05, 3.63) is 53.8 Å². The number of rotatable bonds is 5. The van der Waals surface area contributed by atoms with Gasteiger partial charge in [0.1, 0.15) is 11.3 Å². The molecule has 0 saturated heterocycles. The first-order chi connectivity index (χ1) is 14.3. The van der Waals surface area contributed by atoms with Crippen molar-refractivity contribution >= 4 is 33.0 Å². The number of carbonyl (C=O) groups is 1. The highest BCUT2D eigenvalue weighted by atomic mass is 32.2. The van der Waals surface area contributed by atoms with Crippen LogP contribution in [0.5, 0.6) is 0 Å². The molecule has 0 bridgehead atoms. The van der Waals surface area contributed by atoms with E-state index in [2.05, 4.69) is 10.3 Å². The van der Waals surface area contributed by atoms with Crippen molar-refractivity contribution in [1.29, 1.82) is 0 Å². The minimum absolute atomic E-state index is 0.0265. The summed E-state index contributed by atoms with van der Waals surface area (Å²) in [5.41, 5.74) is 0.759. The molecule has 1 fully saturated rings. The molecule has 1 N–H and O–H groups in total. The fraction of sp³-hybridized carbons (Fsp3) is 0.333. The van der Waals surface area contributed by atoms with E-state index in [1.54, 1.807) is 7.05 Å². The minimum atomic E-state index is -3.72. The summed E-state index contributed by atoms with van der Waals surface area (Å²) in [4.78, 5) is 16.7. The van der Waals surface area contributed by atoms with Crippen LogP contribution in [-0.2, 0) is 10.0 Å². The van der Waals surface area contributed by atoms with Crippen molar-refractivity contribution < 1.29 is 22.0 Å². The molecule has 30 heavy (non-hydrogen) atoms. The van der Waals surface area contributed by atoms with Crippen molar-refractivity contribution in [3.63, 3.8) is 0 Å². The fourth-order valence-corrected chi connectivity index (χ4v) is 5.19. The zero-order valence-corrected chi connectivity index (χ0v) is 17.3. The molecule has 0 spiro atoms. The monoisotopic (exact) mass is 431 g/mol. The van der Waals surface area contributed by atoms with E-state index in [0.29, 0.717) is 5.58 Å². The van der Waals surface area contributed by atoms with Crippen LogP contribution in [0.4, 0.5) is 10.4 Å². The van der Waals surface area contributed by atoms with Crippen LogP contribution in [0, 0.1) is 5.82 Å². The van der Waals surface area contributed by atoms with Gasteiger partial charge in [-0.05, 0) is 43.2 Å². The largest absolute Gasteiger partial charge is 0.423 e. The Balaban J connectivity index is 1.55. The smallest absolute Gasteiger partial charge is 0.302 e. The number of nitrogens with zero attached hydrogens (tertiary/aromatic N) is 2. The molecule has 0 atom stereocenters. The summed E-state index contributed by atoms with van der Waals surface area (Å²) in [7, 11) is -2.13. The highest BCUT2D eigenvalue weighted by Gasteiger charge is 2.29. The number of benzene rings is 2. The maximum absolute atomic E-state index is 13.3. The third-order valence-electron chi connectivity index (χ3n) is 5.43. The number of amides is 1. The third-order valence-corrected chi connectivity index (χ3v) is 7.34. The van der Waals surface area contributed by atoms with Crippen molar-refractivity contribution in [2.75, 3.05) is 12.4 Å². The Morgan fingerprint density at radius 2 is 1.93 bits per heavy atom. The number of anilines is 1. The van der Waals surface area contributed by atoms with E-state index in [0.717, 1.165) is 32.1 Å². The molecule has 1 saturated carbocycles. The average Bonchev–Trinajstić information content (AvgIpc) is 3.15. The fourth-order valence-electron chi connectivity index (χ4n) is 3.73. The first-order valence-electron chi connectivity index (χ1n) is 9.80. The SMILES string of the molecule is CN(C1CCCCC1)S(=O)(=O)c1cccc(C(=O)Nc2nc3cc(F)ccc3o2)c1. The van der Waals surface area contributed by atoms with Gasteiger partial charge in [0.2, 0.25) is 10.0 Å². The topological polar surface area (TPSA) is 92.5 Å². The number of carbonyl (C=O) groups excluding carboxylic acids is 1. The average molecular weight is 431 g/mol. The van der Waals surface area contributed by atoms with Gasteiger partial charge >= 0.3 is 6.01 Å². The molecule has 1 aliphatic carbocycles. The number of aromatic nitrogens is 1. The molecular formula is C21H22FN3O4S. The highest BCUT2D eigenvalue weighted by Crippen LogP contribution is 2.27. The Morgan fingerprint density at radius 1 is 1.17 bits per heavy atom. The molecule has 4 rings (SSSR count). The van der Waals surface area contributed by atoms with Gasteiger partial charge < -0.3 is 4.42 Å². The van der Waals surface area contributed by atoms with E-state index >= 15 is 0 Å². The molecule has 1 aliphatic rings. The molecule has 2 aromatic carbocycles. The van der Waals surface area contributed by atoms with Crippen molar-refractivity contribution in [2.24, 2.45) is 0 Å². The van der Waals surface area contributed by atoms with E-state index in [1.165, 1.54) is 46.8 Å².